The Morgan fingerprint density at radius 3 is 3.00 bits per heavy atom. The van der Waals surface area contributed by atoms with Crippen LogP contribution in [0.4, 0.5) is 9.18 Å². The number of likely N-dealkylation sites (tertiary alicyclic amines) is 1. The molecule has 3 rings (SSSR count). The van der Waals surface area contributed by atoms with Gasteiger partial charge >= 0.3 is 6.09 Å². The van der Waals surface area contributed by atoms with Gasteiger partial charge in [0.2, 0.25) is 0 Å². The van der Waals surface area contributed by atoms with Crippen molar-refractivity contribution in [2.75, 3.05) is 13.1 Å². The summed E-state index contributed by atoms with van der Waals surface area (Å²) in [6, 6.07) is 3.62. The second-order valence-electron chi connectivity index (χ2n) is 5.14. The molecule has 1 aromatic heterocycles. The zero-order valence-electron chi connectivity index (χ0n) is 11.2. The van der Waals surface area contributed by atoms with Gasteiger partial charge in [0.05, 0.1) is 23.3 Å². The van der Waals surface area contributed by atoms with Gasteiger partial charge in [0.25, 0.3) is 5.56 Å². The summed E-state index contributed by atoms with van der Waals surface area (Å²) >= 11 is 0. The van der Waals surface area contributed by atoms with Crippen LogP contribution in [-0.2, 0) is 0 Å². The molecule has 1 atom stereocenters. The van der Waals surface area contributed by atoms with Crippen LogP contribution in [0.15, 0.2) is 29.3 Å². The number of carbonyl (C=O) groups is 1. The van der Waals surface area contributed by atoms with Gasteiger partial charge in [0.15, 0.2) is 0 Å². The minimum absolute atomic E-state index is 0.213. The van der Waals surface area contributed by atoms with Gasteiger partial charge in [-0.1, -0.05) is 0 Å². The third-order valence-corrected chi connectivity index (χ3v) is 3.81. The van der Waals surface area contributed by atoms with Crippen LogP contribution in [0.1, 0.15) is 18.9 Å². The average Bonchev–Trinajstić information content (AvgIpc) is 2.48. The Morgan fingerprint density at radius 2 is 2.24 bits per heavy atom. The van der Waals surface area contributed by atoms with E-state index in [0.717, 1.165) is 0 Å². The number of aromatic nitrogens is 2. The lowest BCUT2D eigenvalue weighted by Gasteiger charge is -2.31. The number of hydrogen-bond donors (Lipinski definition) is 1. The minimum Gasteiger partial charge on any atom is -0.465 e. The minimum atomic E-state index is -0.993. The highest BCUT2D eigenvalue weighted by Crippen LogP contribution is 2.20. The Kier molecular flexibility index (Phi) is 3.32. The fourth-order valence-electron chi connectivity index (χ4n) is 2.72. The van der Waals surface area contributed by atoms with Crippen LogP contribution in [0.3, 0.4) is 0 Å². The fraction of sp³-hybridized carbons (Fsp3) is 0.357. The molecule has 0 spiro atoms. The number of piperidine rings is 1. The Labute approximate surface area is 119 Å². The SMILES string of the molecule is O=C(O)N1CCCC(n2cnc3ccc(F)cc3c2=O)C1. The third-order valence-electron chi connectivity index (χ3n) is 3.81. The molecule has 1 aliphatic rings. The number of carboxylic acid groups (broad SMARTS) is 1. The molecule has 0 aliphatic carbocycles. The summed E-state index contributed by atoms with van der Waals surface area (Å²) < 4.78 is 14.7. The van der Waals surface area contributed by atoms with Gasteiger partial charge in [-0.25, -0.2) is 14.2 Å². The summed E-state index contributed by atoms with van der Waals surface area (Å²) in [6.07, 6.45) is 1.81. The number of rotatable bonds is 1. The Balaban J connectivity index is 2.02. The lowest BCUT2D eigenvalue weighted by molar-refractivity contribution is 0.121. The van der Waals surface area contributed by atoms with Crippen molar-refractivity contribution >= 4 is 17.0 Å². The van der Waals surface area contributed by atoms with Crippen molar-refractivity contribution in [2.45, 2.75) is 18.9 Å². The van der Waals surface area contributed by atoms with Gasteiger partial charge in [-0.15, -0.1) is 0 Å². The van der Waals surface area contributed by atoms with E-state index >= 15 is 0 Å². The van der Waals surface area contributed by atoms with E-state index in [1.165, 1.54) is 34.0 Å². The molecule has 1 unspecified atom stereocenters. The summed E-state index contributed by atoms with van der Waals surface area (Å²) in [5.41, 5.74) is 0.0975. The first-order valence-corrected chi connectivity index (χ1v) is 6.70. The molecule has 110 valence electrons. The molecule has 1 N–H and O–H groups in total. The van der Waals surface area contributed by atoms with Crippen molar-refractivity contribution in [1.29, 1.82) is 0 Å². The number of halogens is 1. The lowest BCUT2D eigenvalue weighted by Crippen LogP contribution is -2.42. The molecule has 0 saturated carbocycles. The number of fused-ring (bicyclic) bond motifs is 1. The molecule has 1 aliphatic heterocycles. The van der Waals surface area contributed by atoms with E-state index in [-0.39, 0.29) is 23.5 Å². The van der Waals surface area contributed by atoms with Gasteiger partial charge in [-0.3, -0.25) is 9.36 Å². The van der Waals surface area contributed by atoms with E-state index in [2.05, 4.69) is 4.98 Å². The van der Waals surface area contributed by atoms with E-state index in [1.54, 1.807) is 0 Å². The van der Waals surface area contributed by atoms with Crippen LogP contribution in [0, 0.1) is 5.82 Å². The number of hydrogen-bond acceptors (Lipinski definition) is 3. The largest absolute Gasteiger partial charge is 0.465 e. The molecule has 7 heteroatoms. The van der Waals surface area contributed by atoms with Crippen LogP contribution in [0.2, 0.25) is 0 Å². The zero-order chi connectivity index (χ0) is 15.0. The molecule has 2 aromatic rings. The van der Waals surface area contributed by atoms with E-state index in [1.807, 2.05) is 0 Å². The molecule has 21 heavy (non-hydrogen) atoms. The van der Waals surface area contributed by atoms with Crippen LogP contribution in [0.5, 0.6) is 0 Å². The third kappa shape index (κ3) is 2.46. The summed E-state index contributed by atoms with van der Waals surface area (Å²) in [5.74, 6) is -0.491. The van der Waals surface area contributed by atoms with Crippen molar-refractivity contribution in [3.05, 3.63) is 40.7 Å². The fourth-order valence-corrected chi connectivity index (χ4v) is 2.72. The van der Waals surface area contributed by atoms with Crippen molar-refractivity contribution in [3.8, 4) is 0 Å². The predicted molar refractivity (Wildman–Crippen MR) is 73.8 cm³/mol. The Bertz CT molecular complexity index is 759. The molecule has 0 radical (unpaired) electrons. The maximum atomic E-state index is 13.3. The number of nitrogens with zero attached hydrogens (tertiary/aromatic N) is 3. The molecule has 1 aromatic carbocycles. The Hall–Kier alpha value is -2.44. The predicted octanol–water partition coefficient (Wildman–Crippen LogP) is 1.85. The molecular weight excluding hydrogens is 277 g/mol. The van der Waals surface area contributed by atoms with Gasteiger partial charge in [0, 0.05) is 13.1 Å². The van der Waals surface area contributed by atoms with Gasteiger partial charge in [-0.05, 0) is 31.0 Å². The highest BCUT2D eigenvalue weighted by atomic mass is 19.1. The summed E-state index contributed by atoms with van der Waals surface area (Å²) in [7, 11) is 0. The van der Waals surface area contributed by atoms with Crippen LogP contribution >= 0.6 is 0 Å². The molecule has 1 saturated heterocycles. The maximum absolute atomic E-state index is 13.3. The molecule has 0 bridgehead atoms. The summed E-state index contributed by atoms with van der Waals surface area (Å²) in [5, 5.41) is 9.27. The standard InChI is InChI=1S/C14H14FN3O3/c15-9-3-4-12-11(6-9)13(19)18(8-16-12)10-2-1-5-17(7-10)14(20)21/h3-4,6,8,10H,1-2,5,7H2,(H,20,21). The molecular formula is C14H14FN3O3. The Morgan fingerprint density at radius 1 is 1.43 bits per heavy atom. The first-order chi connectivity index (χ1) is 10.1. The average molecular weight is 291 g/mol. The van der Waals surface area contributed by atoms with Crippen molar-refractivity contribution in [1.82, 2.24) is 14.5 Å². The van der Waals surface area contributed by atoms with Gasteiger partial charge in [-0.2, -0.15) is 0 Å². The molecule has 1 fully saturated rings. The van der Waals surface area contributed by atoms with Crippen molar-refractivity contribution in [2.24, 2.45) is 0 Å². The quantitative estimate of drug-likeness (QED) is 0.870. The maximum Gasteiger partial charge on any atom is 0.407 e. The smallest absolute Gasteiger partial charge is 0.407 e. The highest BCUT2D eigenvalue weighted by molar-refractivity contribution is 5.77. The van der Waals surface area contributed by atoms with Crippen molar-refractivity contribution < 1.29 is 14.3 Å². The van der Waals surface area contributed by atoms with Crippen molar-refractivity contribution in [3.63, 3.8) is 0 Å². The highest BCUT2D eigenvalue weighted by Gasteiger charge is 2.25. The first kappa shape index (κ1) is 13.5. The van der Waals surface area contributed by atoms with Crippen LogP contribution < -0.4 is 5.56 Å². The second-order valence-corrected chi connectivity index (χ2v) is 5.14. The normalized spacial score (nSPS) is 18.9. The van der Waals surface area contributed by atoms with Crippen LogP contribution in [0.25, 0.3) is 10.9 Å². The van der Waals surface area contributed by atoms with Gasteiger partial charge in [0.1, 0.15) is 5.82 Å². The zero-order valence-corrected chi connectivity index (χ0v) is 11.2. The van der Waals surface area contributed by atoms with E-state index in [0.29, 0.717) is 24.9 Å². The topological polar surface area (TPSA) is 75.4 Å². The number of benzene rings is 1. The van der Waals surface area contributed by atoms with Crippen LogP contribution in [-0.4, -0.2) is 38.7 Å². The second kappa shape index (κ2) is 5.16. The number of amides is 1. The van der Waals surface area contributed by atoms with E-state index in [4.69, 9.17) is 5.11 Å². The molecule has 6 nitrogen and oxygen atoms in total. The monoisotopic (exact) mass is 291 g/mol. The molecule has 2 heterocycles. The lowest BCUT2D eigenvalue weighted by atomic mass is 10.1. The summed E-state index contributed by atoms with van der Waals surface area (Å²) in [6.45, 7) is 0.716. The van der Waals surface area contributed by atoms with E-state index < -0.39 is 11.9 Å². The summed E-state index contributed by atoms with van der Waals surface area (Å²) in [4.78, 5) is 28.9. The van der Waals surface area contributed by atoms with Gasteiger partial charge < -0.3 is 10.0 Å². The van der Waals surface area contributed by atoms with E-state index in [9.17, 15) is 14.0 Å². The first-order valence-electron chi connectivity index (χ1n) is 6.70. The molecule has 1 amide bonds.